The molecule has 18 heavy (non-hydrogen) atoms. The minimum atomic E-state index is 0.678. The molecule has 1 aromatic heterocycles. The highest BCUT2D eigenvalue weighted by molar-refractivity contribution is 7.16. The fourth-order valence-electron chi connectivity index (χ4n) is 1.91. The van der Waals surface area contributed by atoms with Gasteiger partial charge in [0.1, 0.15) is 16.7 Å². The fourth-order valence-corrected chi connectivity index (χ4v) is 2.79. The number of benzene rings is 1. The third-order valence-corrected chi connectivity index (χ3v) is 3.83. The van der Waals surface area contributed by atoms with Crippen molar-refractivity contribution in [3.8, 4) is 22.3 Å². The molecule has 0 fully saturated rings. The van der Waals surface area contributed by atoms with Crippen molar-refractivity contribution in [1.29, 1.82) is 5.26 Å². The molecule has 0 N–H and O–H groups in total. The summed E-state index contributed by atoms with van der Waals surface area (Å²) in [5.74, 6) is 0.941. The van der Waals surface area contributed by atoms with E-state index in [9.17, 15) is 0 Å². The van der Waals surface area contributed by atoms with Crippen LogP contribution in [0.1, 0.15) is 22.9 Å². The minimum Gasteiger partial charge on any atom is -0.494 e. The van der Waals surface area contributed by atoms with E-state index in [1.807, 2.05) is 26.0 Å². The zero-order chi connectivity index (χ0) is 13.1. The maximum Gasteiger partial charge on any atom is 0.122 e. The second kappa shape index (κ2) is 5.24. The first kappa shape index (κ1) is 12.7. The minimum absolute atomic E-state index is 0.678. The first-order valence-corrected chi connectivity index (χ1v) is 6.71. The third-order valence-electron chi connectivity index (χ3n) is 2.80. The molecule has 0 aliphatic carbocycles. The molecule has 0 radical (unpaired) electrons. The summed E-state index contributed by atoms with van der Waals surface area (Å²) in [6.07, 6.45) is 0. The summed E-state index contributed by atoms with van der Waals surface area (Å²) in [6, 6.07) is 10.2. The van der Waals surface area contributed by atoms with Crippen LogP contribution in [-0.2, 0) is 0 Å². The molecule has 0 saturated carbocycles. The lowest BCUT2D eigenvalue weighted by molar-refractivity contribution is 0.337. The number of rotatable bonds is 3. The highest BCUT2D eigenvalue weighted by Crippen LogP contribution is 2.34. The molecule has 1 heterocycles. The SMILES string of the molecule is CCOc1cc(C)c(-c2ccc(C#N)s2)cc1C. The molecule has 0 aliphatic rings. The highest BCUT2D eigenvalue weighted by Gasteiger charge is 2.09. The van der Waals surface area contributed by atoms with Crippen molar-refractivity contribution in [3.05, 3.63) is 40.3 Å². The van der Waals surface area contributed by atoms with Gasteiger partial charge in [-0.3, -0.25) is 0 Å². The van der Waals surface area contributed by atoms with Gasteiger partial charge in [-0.15, -0.1) is 11.3 Å². The predicted octanol–water partition coefficient (Wildman–Crippen LogP) is 4.30. The molecule has 0 saturated heterocycles. The number of thiophene rings is 1. The topological polar surface area (TPSA) is 33.0 Å². The first-order chi connectivity index (χ1) is 8.65. The third kappa shape index (κ3) is 2.39. The summed E-state index contributed by atoms with van der Waals surface area (Å²) in [5.41, 5.74) is 3.49. The van der Waals surface area contributed by atoms with Gasteiger partial charge in [-0.25, -0.2) is 0 Å². The molecule has 0 aliphatic heterocycles. The second-order valence-corrected chi connectivity index (χ2v) is 5.23. The average molecular weight is 257 g/mol. The van der Waals surface area contributed by atoms with E-state index in [4.69, 9.17) is 10.00 Å². The van der Waals surface area contributed by atoms with Crippen LogP contribution in [0, 0.1) is 25.2 Å². The van der Waals surface area contributed by atoms with Gasteiger partial charge < -0.3 is 4.74 Å². The number of hydrogen-bond acceptors (Lipinski definition) is 3. The molecule has 92 valence electrons. The van der Waals surface area contributed by atoms with Crippen LogP contribution >= 0.6 is 11.3 Å². The quantitative estimate of drug-likeness (QED) is 0.821. The molecule has 0 unspecified atom stereocenters. The maximum absolute atomic E-state index is 8.88. The van der Waals surface area contributed by atoms with Crippen molar-refractivity contribution >= 4 is 11.3 Å². The van der Waals surface area contributed by atoms with Gasteiger partial charge in [0, 0.05) is 4.88 Å². The van der Waals surface area contributed by atoms with E-state index in [2.05, 4.69) is 25.1 Å². The Balaban J connectivity index is 2.46. The van der Waals surface area contributed by atoms with Crippen molar-refractivity contribution in [2.75, 3.05) is 6.61 Å². The summed E-state index contributed by atoms with van der Waals surface area (Å²) in [6.45, 7) is 6.79. The lowest BCUT2D eigenvalue weighted by atomic mass is 10.0. The predicted molar refractivity (Wildman–Crippen MR) is 75.1 cm³/mol. The van der Waals surface area contributed by atoms with E-state index in [1.54, 1.807) is 0 Å². The van der Waals surface area contributed by atoms with Gasteiger partial charge in [0.05, 0.1) is 6.61 Å². The lowest BCUT2D eigenvalue weighted by Crippen LogP contribution is -1.95. The van der Waals surface area contributed by atoms with Crippen molar-refractivity contribution in [2.24, 2.45) is 0 Å². The largest absolute Gasteiger partial charge is 0.494 e. The van der Waals surface area contributed by atoms with Crippen molar-refractivity contribution in [2.45, 2.75) is 20.8 Å². The summed E-state index contributed by atoms with van der Waals surface area (Å²) in [4.78, 5) is 1.88. The monoisotopic (exact) mass is 257 g/mol. The summed E-state index contributed by atoms with van der Waals surface area (Å²) in [5, 5.41) is 8.88. The van der Waals surface area contributed by atoms with E-state index in [0.29, 0.717) is 6.61 Å². The van der Waals surface area contributed by atoms with Crippen molar-refractivity contribution in [3.63, 3.8) is 0 Å². The molecule has 3 heteroatoms. The Labute approximate surface area is 111 Å². The maximum atomic E-state index is 8.88. The first-order valence-electron chi connectivity index (χ1n) is 5.90. The van der Waals surface area contributed by atoms with E-state index < -0.39 is 0 Å². The Morgan fingerprint density at radius 2 is 2.00 bits per heavy atom. The zero-order valence-electron chi connectivity index (χ0n) is 10.8. The normalized spacial score (nSPS) is 10.1. The Morgan fingerprint density at radius 1 is 1.22 bits per heavy atom. The van der Waals surface area contributed by atoms with Crippen molar-refractivity contribution in [1.82, 2.24) is 0 Å². The number of hydrogen-bond donors (Lipinski definition) is 0. The molecule has 0 bridgehead atoms. The van der Waals surface area contributed by atoms with Crippen LogP contribution in [0.15, 0.2) is 24.3 Å². The Morgan fingerprint density at radius 3 is 2.61 bits per heavy atom. The van der Waals surface area contributed by atoms with Crippen LogP contribution in [0.4, 0.5) is 0 Å². The van der Waals surface area contributed by atoms with Gasteiger partial charge >= 0.3 is 0 Å². The smallest absolute Gasteiger partial charge is 0.122 e. The molecule has 2 aromatic rings. The molecular weight excluding hydrogens is 242 g/mol. The van der Waals surface area contributed by atoms with Gasteiger partial charge in [-0.2, -0.15) is 5.26 Å². The van der Waals surface area contributed by atoms with E-state index in [0.717, 1.165) is 21.1 Å². The van der Waals surface area contributed by atoms with Gasteiger partial charge in [0.25, 0.3) is 0 Å². The van der Waals surface area contributed by atoms with Crippen molar-refractivity contribution < 1.29 is 4.74 Å². The van der Waals surface area contributed by atoms with E-state index in [-0.39, 0.29) is 0 Å². The van der Waals surface area contributed by atoms with Gasteiger partial charge in [0.2, 0.25) is 0 Å². The highest BCUT2D eigenvalue weighted by atomic mass is 32.1. The number of nitrogens with zero attached hydrogens (tertiary/aromatic N) is 1. The van der Waals surface area contributed by atoms with Crippen LogP contribution in [0.3, 0.4) is 0 Å². The summed E-state index contributed by atoms with van der Waals surface area (Å²) in [7, 11) is 0. The summed E-state index contributed by atoms with van der Waals surface area (Å²) >= 11 is 1.53. The molecule has 1 aromatic carbocycles. The number of aryl methyl sites for hydroxylation is 2. The number of nitriles is 1. The number of ether oxygens (including phenoxy) is 1. The molecule has 0 amide bonds. The zero-order valence-corrected chi connectivity index (χ0v) is 11.6. The van der Waals surface area contributed by atoms with Crippen LogP contribution in [0.2, 0.25) is 0 Å². The van der Waals surface area contributed by atoms with Gasteiger partial charge in [-0.05, 0) is 61.7 Å². The van der Waals surface area contributed by atoms with E-state index >= 15 is 0 Å². The van der Waals surface area contributed by atoms with Crippen LogP contribution in [0.5, 0.6) is 5.75 Å². The van der Waals surface area contributed by atoms with E-state index in [1.165, 1.54) is 22.5 Å². The van der Waals surface area contributed by atoms with Gasteiger partial charge in [0.15, 0.2) is 0 Å². The lowest BCUT2D eigenvalue weighted by Gasteiger charge is -2.11. The van der Waals surface area contributed by atoms with Crippen LogP contribution < -0.4 is 4.74 Å². The summed E-state index contributed by atoms with van der Waals surface area (Å²) < 4.78 is 5.59. The fraction of sp³-hybridized carbons (Fsp3) is 0.267. The Kier molecular flexibility index (Phi) is 3.69. The molecule has 2 rings (SSSR count). The second-order valence-electron chi connectivity index (χ2n) is 4.14. The molecular formula is C15H15NOS. The average Bonchev–Trinajstić information content (AvgIpc) is 2.82. The molecule has 2 nitrogen and oxygen atoms in total. The van der Waals surface area contributed by atoms with Crippen LogP contribution in [0.25, 0.3) is 10.4 Å². The van der Waals surface area contributed by atoms with Crippen LogP contribution in [-0.4, -0.2) is 6.61 Å². The molecule has 0 spiro atoms. The molecule has 0 atom stereocenters. The Hall–Kier alpha value is -1.79. The standard InChI is InChI=1S/C15H15NOS/c1-4-17-14-8-10(2)13(7-11(14)3)15-6-5-12(9-16)18-15/h5-8H,4H2,1-3H3. The Bertz CT molecular complexity index is 607. The van der Waals surface area contributed by atoms with Gasteiger partial charge in [-0.1, -0.05) is 0 Å².